The van der Waals surface area contributed by atoms with Gasteiger partial charge in [0.15, 0.2) is 0 Å². The summed E-state index contributed by atoms with van der Waals surface area (Å²) in [4.78, 5) is 35.8. The summed E-state index contributed by atoms with van der Waals surface area (Å²) >= 11 is 0. The highest BCUT2D eigenvalue weighted by Gasteiger charge is 2.25. The Labute approximate surface area is 155 Å². The summed E-state index contributed by atoms with van der Waals surface area (Å²) in [5.41, 5.74) is 3.43. The third-order valence-electron chi connectivity index (χ3n) is 4.74. The molecule has 27 heavy (non-hydrogen) atoms. The van der Waals surface area contributed by atoms with Crippen molar-refractivity contribution < 1.29 is 4.79 Å². The fourth-order valence-corrected chi connectivity index (χ4v) is 3.44. The highest BCUT2D eigenvalue weighted by molar-refractivity contribution is 5.93. The zero-order chi connectivity index (χ0) is 18.8. The predicted octanol–water partition coefficient (Wildman–Crippen LogP) is 1.23. The minimum Gasteiger partial charge on any atom is -0.347 e. The van der Waals surface area contributed by atoms with Crippen LogP contribution in [-0.4, -0.2) is 32.0 Å². The van der Waals surface area contributed by atoms with E-state index in [1.54, 1.807) is 10.8 Å². The molecule has 3 heterocycles. The Morgan fingerprint density at radius 3 is 3.00 bits per heavy atom. The van der Waals surface area contributed by atoms with Crippen LogP contribution < -0.4 is 16.3 Å². The van der Waals surface area contributed by atoms with Crippen molar-refractivity contribution in [2.24, 2.45) is 0 Å². The lowest BCUT2D eigenvalue weighted by Crippen LogP contribution is -2.36. The van der Waals surface area contributed by atoms with Crippen LogP contribution in [0.25, 0.3) is 11.3 Å². The first-order chi connectivity index (χ1) is 13.1. The predicted molar refractivity (Wildman–Crippen MR) is 100 cm³/mol. The molecule has 8 heteroatoms. The highest BCUT2D eigenvalue weighted by atomic mass is 16.2. The van der Waals surface area contributed by atoms with Crippen LogP contribution in [0.2, 0.25) is 0 Å². The molecule has 2 aromatic heterocycles. The van der Waals surface area contributed by atoms with Gasteiger partial charge < -0.3 is 15.6 Å². The smallest absolute Gasteiger partial charge is 0.326 e. The van der Waals surface area contributed by atoms with Crippen LogP contribution in [-0.2, 0) is 13.1 Å². The molecule has 3 N–H and O–H groups in total. The van der Waals surface area contributed by atoms with Crippen molar-refractivity contribution in [1.29, 1.82) is 0 Å². The first-order valence-corrected chi connectivity index (χ1v) is 8.81. The van der Waals surface area contributed by atoms with E-state index in [4.69, 9.17) is 0 Å². The Balaban J connectivity index is 1.57. The second-order valence-corrected chi connectivity index (χ2v) is 6.54. The van der Waals surface area contributed by atoms with Crippen LogP contribution in [0.5, 0.6) is 0 Å². The maximum atomic E-state index is 12.7. The molecule has 0 bridgehead atoms. The number of amides is 1. The van der Waals surface area contributed by atoms with Gasteiger partial charge in [-0.25, -0.2) is 14.8 Å². The first-order valence-electron chi connectivity index (χ1n) is 8.81. The number of H-pyrrole nitrogens is 1. The van der Waals surface area contributed by atoms with Crippen molar-refractivity contribution >= 4 is 5.91 Å². The molecule has 0 saturated carbocycles. The molecule has 1 aromatic carbocycles. The van der Waals surface area contributed by atoms with Crippen LogP contribution in [0.15, 0.2) is 47.7 Å². The van der Waals surface area contributed by atoms with Gasteiger partial charge in [-0.1, -0.05) is 24.3 Å². The number of aromatic amines is 1. The standard InChI is InChI=1S/C19H20N6O2/c1-12-8-21-10-16-17(24-19(27)25(12)16)18(26)22-9-13-4-2-3-5-14(13)15-6-7-20-11-23-15/h2-7,11-12,21H,8-10H2,1H3,(H,22,26)(H,24,27). The second-order valence-electron chi connectivity index (χ2n) is 6.54. The van der Waals surface area contributed by atoms with E-state index in [0.29, 0.717) is 31.0 Å². The Morgan fingerprint density at radius 2 is 2.19 bits per heavy atom. The number of hydrogen-bond donors (Lipinski definition) is 3. The summed E-state index contributed by atoms with van der Waals surface area (Å²) in [6.45, 7) is 3.47. The molecule has 1 atom stereocenters. The average molecular weight is 364 g/mol. The Bertz CT molecular complexity index is 1020. The van der Waals surface area contributed by atoms with Crippen LogP contribution in [0.3, 0.4) is 0 Å². The number of carbonyl (C=O) groups excluding carboxylic acids is 1. The molecule has 0 fully saturated rings. The molecule has 8 nitrogen and oxygen atoms in total. The number of nitrogens with zero attached hydrogens (tertiary/aromatic N) is 3. The van der Waals surface area contributed by atoms with Gasteiger partial charge in [0.1, 0.15) is 12.0 Å². The fourth-order valence-electron chi connectivity index (χ4n) is 3.44. The monoisotopic (exact) mass is 364 g/mol. The van der Waals surface area contributed by atoms with E-state index in [1.807, 2.05) is 37.3 Å². The second kappa shape index (κ2) is 7.16. The number of rotatable bonds is 4. The number of aromatic nitrogens is 4. The van der Waals surface area contributed by atoms with Gasteiger partial charge in [-0.2, -0.15) is 0 Å². The van der Waals surface area contributed by atoms with Gasteiger partial charge in [-0.15, -0.1) is 0 Å². The SMILES string of the molecule is CC1CNCc2c(C(=O)NCc3ccccc3-c3ccncn3)[nH]c(=O)n21. The minimum atomic E-state index is -0.297. The summed E-state index contributed by atoms with van der Waals surface area (Å²) in [5, 5.41) is 6.14. The zero-order valence-electron chi connectivity index (χ0n) is 14.9. The summed E-state index contributed by atoms with van der Waals surface area (Å²) in [6.07, 6.45) is 3.18. The van der Waals surface area contributed by atoms with Gasteiger partial charge in [0.2, 0.25) is 0 Å². The van der Waals surface area contributed by atoms with Crippen molar-refractivity contribution in [3.63, 3.8) is 0 Å². The van der Waals surface area contributed by atoms with E-state index in [-0.39, 0.29) is 17.6 Å². The van der Waals surface area contributed by atoms with Crippen LogP contribution in [0, 0.1) is 0 Å². The molecule has 0 radical (unpaired) electrons. The Morgan fingerprint density at radius 1 is 1.33 bits per heavy atom. The van der Waals surface area contributed by atoms with Gasteiger partial charge >= 0.3 is 5.69 Å². The maximum Gasteiger partial charge on any atom is 0.326 e. The number of carbonyl (C=O) groups is 1. The summed E-state index contributed by atoms with van der Waals surface area (Å²) in [7, 11) is 0. The van der Waals surface area contributed by atoms with Crippen molar-refractivity contribution in [1.82, 2.24) is 30.2 Å². The molecule has 0 saturated heterocycles. The van der Waals surface area contributed by atoms with E-state index in [0.717, 1.165) is 16.8 Å². The Kier molecular flexibility index (Phi) is 4.55. The minimum absolute atomic E-state index is 0.0116. The molecule has 138 valence electrons. The quantitative estimate of drug-likeness (QED) is 0.646. The van der Waals surface area contributed by atoms with Crippen molar-refractivity contribution in [3.8, 4) is 11.3 Å². The number of benzene rings is 1. The normalized spacial score (nSPS) is 16.0. The number of nitrogens with one attached hydrogen (secondary N) is 3. The van der Waals surface area contributed by atoms with Gasteiger partial charge in [0, 0.05) is 37.4 Å². The molecular weight excluding hydrogens is 344 g/mol. The van der Waals surface area contributed by atoms with E-state index >= 15 is 0 Å². The lowest BCUT2D eigenvalue weighted by molar-refractivity contribution is 0.0944. The first kappa shape index (κ1) is 17.2. The molecule has 3 aromatic rings. The summed E-state index contributed by atoms with van der Waals surface area (Å²) < 4.78 is 1.65. The van der Waals surface area contributed by atoms with Crippen LogP contribution in [0.4, 0.5) is 0 Å². The maximum absolute atomic E-state index is 12.7. The van der Waals surface area contributed by atoms with E-state index in [9.17, 15) is 9.59 Å². The molecular formula is C19H20N6O2. The molecule has 1 aliphatic heterocycles. The highest BCUT2D eigenvalue weighted by Crippen LogP contribution is 2.21. The van der Waals surface area contributed by atoms with E-state index in [1.165, 1.54) is 6.33 Å². The van der Waals surface area contributed by atoms with Crippen LogP contribution in [0.1, 0.15) is 34.7 Å². The van der Waals surface area contributed by atoms with E-state index < -0.39 is 0 Å². The molecule has 0 aliphatic carbocycles. The number of hydrogen-bond acceptors (Lipinski definition) is 5. The van der Waals surface area contributed by atoms with Gasteiger partial charge in [0.25, 0.3) is 5.91 Å². The molecule has 1 aliphatic rings. The molecule has 1 unspecified atom stereocenters. The van der Waals surface area contributed by atoms with Crippen molar-refractivity contribution in [2.75, 3.05) is 6.54 Å². The van der Waals surface area contributed by atoms with Crippen molar-refractivity contribution in [3.05, 3.63) is 70.3 Å². The number of imidazole rings is 1. The fraction of sp³-hybridized carbons (Fsp3) is 0.263. The molecule has 1 amide bonds. The van der Waals surface area contributed by atoms with Gasteiger partial charge in [-0.05, 0) is 18.6 Å². The lowest BCUT2D eigenvalue weighted by atomic mass is 10.0. The number of fused-ring (bicyclic) bond motifs is 1. The third-order valence-corrected chi connectivity index (χ3v) is 4.74. The van der Waals surface area contributed by atoms with Gasteiger partial charge in [0.05, 0.1) is 11.4 Å². The van der Waals surface area contributed by atoms with Crippen molar-refractivity contribution in [2.45, 2.75) is 26.1 Å². The molecule has 0 spiro atoms. The van der Waals surface area contributed by atoms with E-state index in [2.05, 4.69) is 25.6 Å². The third kappa shape index (κ3) is 3.26. The summed E-state index contributed by atoms with van der Waals surface area (Å²) in [5.74, 6) is -0.297. The molecule has 4 rings (SSSR count). The van der Waals surface area contributed by atoms with Gasteiger partial charge in [-0.3, -0.25) is 9.36 Å². The average Bonchev–Trinajstić information content (AvgIpc) is 3.05. The lowest BCUT2D eigenvalue weighted by Gasteiger charge is -2.22. The summed E-state index contributed by atoms with van der Waals surface area (Å²) in [6, 6.07) is 9.58. The zero-order valence-corrected chi connectivity index (χ0v) is 14.9. The topological polar surface area (TPSA) is 105 Å². The Hall–Kier alpha value is -3.26. The van der Waals surface area contributed by atoms with Crippen LogP contribution >= 0.6 is 0 Å². The largest absolute Gasteiger partial charge is 0.347 e.